The van der Waals surface area contributed by atoms with Crippen molar-refractivity contribution in [1.29, 1.82) is 0 Å². The van der Waals surface area contributed by atoms with Crippen molar-refractivity contribution in [3.8, 4) is 0 Å². The largest absolute Gasteiger partial charge is 0.465 e. The van der Waals surface area contributed by atoms with E-state index >= 15 is 0 Å². The van der Waals surface area contributed by atoms with Gasteiger partial charge in [0.2, 0.25) is 5.91 Å². The van der Waals surface area contributed by atoms with E-state index in [0.717, 1.165) is 5.56 Å². The Morgan fingerprint density at radius 2 is 1.67 bits per heavy atom. The Hall–Kier alpha value is -3.41. The Labute approximate surface area is 156 Å². The Kier molecular flexibility index (Phi) is 5.66. The third-order valence-corrected chi connectivity index (χ3v) is 4.21. The zero-order valence-corrected chi connectivity index (χ0v) is 14.8. The fourth-order valence-corrected chi connectivity index (χ4v) is 2.83. The lowest BCUT2D eigenvalue weighted by atomic mass is 10.0. The van der Waals surface area contributed by atoms with Crippen LogP contribution >= 0.6 is 0 Å². The average Bonchev–Trinajstić information content (AvgIpc) is 3.21. The highest BCUT2D eigenvalue weighted by molar-refractivity contribution is 5.93. The van der Waals surface area contributed by atoms with Gasteiger partial charge in [0.25, 0.3) is 0 Å². The molecule has 0 aliphatic heterocycles. The van der Waals surface area contributed by atoms with Gasteiger partial charge in [0.05, 0.1) is 25.1 Å². The van der Waals surface area contributed by atoms with E-state index in [1.807, 2.05) is 29.1 Å². The van der Waals surface area contributed by atoms with Gasteiger partial charge in [-0.2, -0.15) is 0 Å². The SMILES string of the molecule is COC(=O)c1ccc(NC(=O)CC(c2ccc(F)cc2)n2cccc2)cc1. The molecule has 1 amide bonds. The summed E-state index contributed by atoms with van der Waals surface area (Å²) in [6.45, 7) is 0. The Bertz CT molecular complexity index is 904. The quantitative estimate of drug-likeness (QED) is 0.670. The normalized spacial score (nSPS) is 11.6. The number of nitrogens with zero attached hydrogens (tertiary/aromatic N) is 1. The first-order valence-corrected chi connectivity index (χ1v) is 8.43. The van der Waals surface area contributed by atoms with Gasteiger partial charge in [-0.05, 0) is 54.1 Å². The first-order chi connectivity index (χ1) is 13.1. The van der Waals surface area contributed by atoms with Crippen molar-refractivity contribution in [2.75, 3.05) is 12.4 Å². The van der Waals surface area contributed by atoms with Crippen LogP contribution in [0, 0.1) is 5.82 Å². The number of benzene rings is 2. The fourth-order valence-electron chi connectivity index (χ4n) is 2.83. The number of amides is 1. The first kappa shape index (κ1) is 18.4. The van der Waals surface area contributed by atoms with Gasteiger partial charge >= 0.3 is 5.97 Å². The standard InChI is InChI=1S/C21H19FN2O3/c1-27-21(26)16-6-10-18(11-7-16)23-20(25)14-19(24-12-2-3-13-24)15-4-8-17(22)9-5-15/h2-13,19H,14H2,1H3,(H,23,25). The van der Waals surface area contributed by atoms with Gasteiger partial charge in [0.1, 0.15) is 5.82 Å². The van der Waals surface area contributed by atoms with Crippen molar-refractivity contribution >= 4 is 17.6 Å². The maximum atomic E-state index is 13.2. The molecule has 1 atom stereocenters. The zero-order chi connectivity index (χ0) is 19.2. The van der Waals surface area contributed by atoms with Crippen LogP contribution in [0.15, 0.2) is 73.1 Å². The molecule has 27 heavy (non-hydrogen) atoms. The predicted octanol–water partition coefficient (Wildman–Crippen LogP) is 4.03. The number of methoxy groups -OCH3 is 1. The molecule has 3 aromatic rings. The summed E-state index contributed by atoms with van der Waals surface area (Å²) in [5, 5.41) is 2.82. The van der Waals surface area contributed by atoms with Crippen molar-refractivity contribution in [2.24, 2.45) is 0 Å². The molecule has 0 aliphatic carbocycles. The molecule has 5 nitrogen and oxygen atoms in total. The lowest BCUT2D eigenvalue weighted by Crippen LogP contribution is -2.19. The molecular weight excluding hydrogens is 347 g/mol. The van der Waals surface area contributed by atoms with E-state index in [9.17, 15) is 14.0 Å². The molecule has 0 fully saturated rings. The molecule has 0 radical (unpaired) electrons. The molecular formula is C21H19FN2O3. The molecule has 0 aliphatic rings. The summed E-state index contributed by atoms with van der Waals surface area (Å²) in [6.07, 6.45) is 3.91. The van der Waals surface area contributed by atoms with Crippen molar-refractivity contribution in [3.05, 3.63) is 90.0 Å². The summed E-state index contributed by atoms with van der Waals surface area (Å²) in [5.41, 5.74) is 1.83. The lowest BCUT2D eigenvalue weighted by molar-refractivity contribution is -0.116. The number of esters is 1. The number of aromatic nitrogens is 1. The first-order valence-electron chi connectivity index (χ1n) is 8.43. The molecule has 0 saturated carbocycles. The number of halogens is 1. The molecule has 1 N–H and O–H groups in total. The van der Waals surface area contributed by atoms with Crippen molar-refractivity contribution < 1.29 is 18.7 Å². The van der Waals surface area contributed by atoms with Gasteiger partial charge in [-0.3, -0.25) is 4.79 Å². The number of hydrogen-bond acceptors (Lipinski definition) is 3. The van der Waals surface area contributed by atoms with Crippen LogP contribution in [0.1, 0.15) is 28.4 Å². The van der Waals surface area contributed by atoms with Gasteiger partial charge in [-0.25, -0.2) is 9.18 Å². The average molecular weight is 366 g/mol. The van der Waals surface area contributed by atoms with Gasteiger partial charge in [-0.1, -0.05) is 12.1 Å². The number of carbonyl (C=O) groups is 2. The van der Waals surface area contributed by atoms with E-state index in [-0.39, 0.29) is 24.2 Å². The minimum absolute atomic E-state index is 0.180. The second-order valence-electron chi connectivity index (χ2n) is 6.02. The summed E-state index contributed by atoms with van der Waals surface area (Å²) in [7, 11) is 1.31. The van der Waals surface area contributed by atoms with Crippen LogP contribution in [0.5, 0.6) is 0 Å². The van der Waals surface area contributed by atoms with Crippen LogP contribution in [-0.2, 0) is 9.53 Å². The molecule has 2 aromatic carbocycles. The van der Waals surface area contributed by atoms with Crippen LogP contribution in [0.3, 0.4) is 0 Å². The van der Waals surface area contributed by atoms with Crippen molar-refractivity contribution in [1.82, 2.24) is 4.57 Å². The number of carbonyl (C=O) groups excluding carboxylic acids is 2. The predicted molar refractivity (Wildman–Crippen MR) is 100.0 cm³/mol. The van der Waals surface area contributed by atoms with Gasteiger partial charge in [0.15, 0.2) is 0 Å². The summed E-state index contributed by atoms with van der Waals surface area (Å²) in [4.78, 5) is 24.0. The van der Waals surface area contributed by atoms with E-state index in [2.05, 4.69) is 10.1 Å². The minimum Gasteiger partial charge on any atom is -0.465 e. The third-order valence-electron chi connectivity index (χ3n) is 4.21. The van der Waals surface area contributed by atoms with Crippen LogP contribution in [0.2, 0.25) is 0 Å². The molecule has 3 rings (SSSR count). The summed E-state index contributed by atoms with van der Waals surface area (Å²) < 4.78 is 19.8. The Morgan fingerprint density at radius 3 is 2.26 bits per heavy atom. The maximum absolute atomic E-state index is 13.2. The molecule has 0 spiro atoms. The zero-order valence-electron chi connectivity index (χ0n) is 14.8. The van der Waals surface area contributed by atoms with Gasteiger partial charge < -0.3 is 14.6 Å². The smallest absolute Gasteiger partial charge is 0.337 e. The number of nitrogens with one attached hydrogen (secondary N) is 1. The molecule has 0 saturated heterocycles. The molecule has 1 aromatic heterocycles. The third kappa shape index (κ3) is 4.61. The van der Waals surface area contributed by atoms with Crippen LogP contribution in [-0.4, -0.2) is 23.6 Å². The van der Waals surface area contributed by atoms with Gasteiger partial charge in [0, 0.05) is 18.1 Å². The molecule has 1 unspecified atom stereocenters. The fraction of sp³-hybridized carbons (Fsp3) is 0.143. The number of hydrogen-bond donors (Lipinski definition) is 1. The summed E-state index contributed by atoms with van der Waals surface area (Å²) in [6, 6.07) is 16.1. The van der Waals surface area contributed by atoms with Gasteiger partial charge in [-0.15, -0.1) is 0 Å². The second-order valence-corrected chi connectivity index (χ2v) is 6.02. The molecule has 0 bridgehead atoms. The number of anilines is 1. The van der Waals surface area contributed by atoms with Crippen molar-refractivity contribution in [3.63, 3.8) is 0 Å². The lowest BCUT2D eigenvalue weighted by Gasteiger charge is -2.19. The maximum Gasteiger partial charge on any atom is 0.337 e. The van der Waals surface area contributed by atoms with E-state index in [4.69, 9.17) is 0 Å². The van der Waals surface area contributed by atoms with E-state index in [1.54, 1.807) is 36.4 Å². The highest BCUT2D eigenvalue weighted by Gasteiger charge is 2.18. The minimum atomic E-state index is -0.433. The number of rotatable bonds is 6. The van der Waals surface area contributed by atoms with E-state index in [1.165, 1.54) is 19.2 Å². The highest BCUT2D eigenvalue weighted by atomic mass is 19.1. The van der Waals surface area contributed by atoms with E-state index in [0.29, 0.717) is 11.3 Å². The molecule has 1 heterocycles. The second kappa shape index (κ2) is 8.31. The van der Waals surface area contributed by atoms with Crippen LogP contribution < -0.4 is 5.32 Å². The monoisotopic (exact) mass is 366 g/mol. The molecule has 6 heteroatoms. The van der Waals surface area contributed by atoms with Crippen molar-refractivity contribution in [2.45, 2.75) is 12.5 Å². The number of ether oxygens (including phenoxy) is 1. The van der Waals surface area contributed by atoms with E-state index < -0.39 is 5.97 Å². The van der Waals surface area contributed by atoms with Crippen LogP contribution in [0.4, 0.5) is 10.1 Å². The summed E-state index contributed by atoms with van der Waals surface area (Å²) >= 11 is 0. The topological polar surface area (TPSA) is 60.3 Å². The Balaban J connectivity index is 1.73. The molecule has 138 valence electrons. The van der Waals surface area contributed by atoms with Crippen LogP contribution in [0.25, 0.3) is 0 Å². The summed E-state index contributed by atoms with van der Waals surface area (Å²) in [5.74, 6) is -0.944. The Morgan fingerprint density at radius 1 is 1.04 bits per heavy atom. The highest BCUT2D eigenvalue weighted by Crippen LogP contribution is 2.23.